The molecule has 1 aliphatic carbocycles. The first kappa shape index (κ1) is 33.2. The van der Waals surface area contributed by atoms with E-state index in [2.05, 4.69) is 31.1 Å². The molecular weight excluding hydrogens is 674 g/mol. The summed E-state index contributed by atoms with van der Waals surface area (Å²) in [7, 11) is 0. The number of ether oxygens (including phenoxy) is 2. The van der Waals surface area contributed by atoms with E-state index in [1.165, 1.54) is 12.3 Å². The van der Waals surface area contributed by atoms with Crippen molar-refractivity contribution in [3.05, 3.63) is 87.5 Å². The molecule has 2 aromatic heterocycles. The van der Waals surface area contributed by atoms with Gasteiger partial charge in [0.05, 0.1) is 33.3 Å². The molecule has 0 amide bonds. The quantitative estimate of drug-likeness (QED) is 0.193. The van der Waals surface area contributed by atoms with Crippen LogP contribution < -0.4 is 9.47 Å². The van der Waals surface area contributed by atoms with E-state index >= 15 is 0 Å². The lowest BCUT2D eigenvalue weighted by molar-refractivity contribution is -0.144. The predicted octanol–water partition coefficient (Wildman–Crippen LogP) is 8.43. The van der Waals surface area contributed by atoms with Crippen LogP contribution in [0.2, 0.25) is 5.02 Å². The fraction of sp³-hybridized carbons (Fsp3) is 0.412. The summed E-state index contributed by atoms with van der Waals surface area (Å²) in [5.74, 6) is -1.54. The van der Waals surface area contributed by atoms with Crippen LogP contribution in [0.1, 0.15) is 72.3 Å². The average Bonchev–Trinajstić information content (AvgIpc) is 3.45. The number of likely N-dealkylation sites (tertiary alicyclic amines) is 1. The van der Waals surface area contributed by atoms with Crippen LogP contribution in [0, 0.1) is 16.7 Å². The van der Waals surface area contributed by atoms with Crippen LogP contribution in [0.15, 0.2) is 48.7 Å². The molecule has 1 unspecified atom stereocenters. The molecule has 2 aliphatic heterocycles. The van der Waals surface area contributed by atoms with Crippen molar-refractivity contribution < 1.29 is 35.8 Å². The van der Waals surface area contributed by atoms with Crippen molar-refractivity contribution >= 4 is 11.6 Å². The summed E-state index contributed by atoms with van der Waals surface area (Å²) in [6.45, 7) is 3.53. The Bertz CT molecular complexity index is 1940. The lowest BCUT2D eigenvalue weighted by atomic mass is 9.88. The molecule has 1 saturated carbocycles. The van der Waals surface area contributed by atoms with Gasteiger partial charge in [0.15, 0.2) is 17.3 Å². The van der Waals surface area contributed by atoms with Crippen molar-refractivity contribution in [1.29, 1.82) is 5.26 Å². The van der Waals surface area contributed by atoms with Gasteiger partial charge in [0.25, 0.3) is 5.79 Å². The van der Waals surface area contributed by atoms with Crippen molar-refractivity contribution in [3.8, 4) is 29.0 Å². The van der Waals surface area contributed by atoms with Crippen molar-refractivity contribution in [2.24, 2.45) is 5.41 Å². The minimum atomic E-state index is -4.66. The smallest absolute Gasteiger partial charge is 0.444 e. The number of rotatable bonds is 7. The van der Waals surface area contributed by atoms with E-state index in [4.69, 9.17) is 21.1 Å². The number of fused-ring (bicyclic) bond motifs is 1. The Morgan fingerprint density at radius 1 is 1.02 bits per heavy atom. The number of nitriles is 1. The summed E-state index contributed by atoms with van der Waals surface area (Å²) in [5, 5.41) is 16.5. The SMILES string of the molecule is CC1(c2ccc(C(F)(F)F)cc2Cl)Oc2cccc(C3CCN(Cc4ncc(-c5nnc(C(F)(F)F)[nH]5)cc4CC4(C#N)CC4)CC3)c2O1. The molecule has 3 aliphatic rings. The Kier molecular flexibility index (Phi) is 8.06. The second-order valence-electron chi connectivity index (χ2n) is 13.0. The third kappa shape index (κ3) is 6.53. The monoisotopic (exact) mass is 702 g/mol. The fourth-order valence-corrected chi connectivity index (χ4v) is 6.93. The Labute approximate surface area is 282 Å². The van der Waals surface area contributed by atoms with Gasteiger partial charge in [0, 0.05) is 30.8 Å². The lowest BCUT2D eigenvalue weighted by Crippen LogP contribution is -2.34. The number of aromatic amines is 1. The average molecular weight is 703 g/mol. The van der Waals surface area contributed by atoms with Gasteiger partial charge >= 0.3 is 12.4 Å². The number of para-hydroxylation sites is 1. The number of hydrogen-bond acceptors (Lipinski definition) is 7. The number of aromatic nitrogens is 4. The maximum atomic E-state index is 13.2. The van der Waals surface area contributed by atoms with Crippen LogP contribution in [0.5, 0.6) is 11.5 Å². The van der Waals surface area contributed by atoms with Gasteiger partial charge in [-0.3, -0.25) is 9.88 Å². The zero-order valence-corrected chi connectivity index (χ0v) is 26.8. The Hall–Kier alpha value is -4.35. The standard InChI is InChI=1S/C34H29ClF6N6O2/c1-31(24-6-5-22(14-25(24)35)33(36,37)38)48-27-4-2-3-23(28(27)49-31)19-7-11-47(12-8-19)17-26-20(15-32(18-42)9-10-32)13-21(16-43-26)29-44-30(46-45-29)34(39,40)41/h2-6,13-14,16,19H,7-12,15,17H2,1H3,(H,44,45,46). The van der Waals surface area contributed by atoms with Crippen LogP contribution in [-0.4, -0.2) is 38.2 Å². The molecule has 1 atom stereocenters. The van der Waals surface area contributed by atoms with Gasteiger partial charge < -0.3 is 14.5 Å². The number of halogens is 7. The lowest BCUT2D eigenvalue weighted by Gasteiger charge is -2.33. The molecule has 1 saturated heterocycles. The molecule has 256 valence electrons. The summed E-state index contributed by atoms with van der Waals surface area (Å²) >= 11 is 6.30. The molecule has 1 N–H and O–H groups in total. The molecule has 0 bridgehead atoms. The van der Waals surface area contributed by atoms with Gasteiger partial charge in [0.1, 0.15) is 0 Å². The van der Waals surface area contributed by atoms with Crippen LogP contribution in [0.4, 0.5) is 26.3 Å². The molecule has 7 rings (SSSR count). The summed E-state index contributed by atoms with van der Waals surface area (Å²) in [6, 6.07) is 12.8. The van der Waals surface area contributed by atoms with E-state index in [9.17, 15) is 31.6 Å². The van der Waals surface area contributed by atoms with Gasteiger partial charge in [-0.2, -0.15) is 31.6 Å². The molecule has 4 heterocycles. The second-order valence-corrected chi connectivity index (χ2v) is 13.4. The summed E-state index contributed by atoms with van der Waals surface area (Å²) in [5.41, 5.74) is 1.74. The maximum Gasteiger partial charge on any atom is 0.451 e. The van der Waals surface area contributed by atoms with E-state index in [1.54, 1.807) is 19.1 Å². The van der Waals surface area contributed by atoms with Gasteiger partial charge in [0.2, 0.25) is 5.82 Å². The Morgan fingerprint density at radius 3 is 2.41 bits per heavy atom. The zero-order valence-electron chi connectivity index (χ0n) is 26.1. The van der Waals surface area contributed by atoms with Gasteiger partial charge in [-0.05, 0) is 87.0 Å². The zero-order chi connectivity index (χ0) is 34.8. The van der Waals surface area contributed by atoms with Crippen molar-refractivity contribution in [1.82, 2.24) is 25.1 Å². The highest BCUT2D eigenvalue weighted by Crippen LogP contribution is 2.51. The molecule has 0 spiro atoms. The maximum absolute atomic E-state index is 13.2. The summed E-state index contributed by atoms with van der Waals surface area (Å²) in [6.07, 6.45) is -4.26. The Balaban J connectivity index is 1.06. The van der Waals surface area contributed by atoms with Crippen LogP contribution in [0.25, 0.3) is 11.4 Å². The highest BCUT2D eigenvalue weighted by atomic mass is 35.5. The van der Waals surface area contributed by atoms with E-state index in [0.717, 1.165) is 54.6 Å². The first-order chi connectivity index (χ1) is 23.2. The van der Waals surface area contributed by atoms with E-state index in [-0.39, 0.29) is 22.3 Å². The molecule has 2 aromatic carbocycles. The number of benzene rings is 2. The van der Waals surface area contributed by atoms with Crippen molar-refractivity contribution in [3.63, 3.8) is 0 Å². The van der Waals surface area contributed by atoms with E-state index in [1.807, 2.05) is 12.1 Å². The topological polar surface area (TPSA) is 100.0 Å². The third-order valence-corrected chi connectivity index (χ3v) is 9.82. The minimum absolute atomic E-state index is 0.0477. The fourth-order valence-electron chi connectivity index (χ4n) is 6.58. The predicted molar refractivity (Wildman–Crippen MR) is 164 cm³/mol. The van der Waals surface area contributed by atoms with Crippen molar-refractivity contribution in [2.75, 3.05) is 13.1 Å². The number of H-pyrrole nitrogens is 1. The molecule has 4 aromatic rings. The highest BCUT2D eigenvalue weighted by molar-refractivity contribution is 6.31. The van der Waals surface area contributed by atoms with Crippen LogP contribution >= 0.6 is 11.6 Å². The van der Waals surface area contributed by atoms with Crippen molar-refractivity contribution in [2.45, 2.75) is 69.6 Å². The summed E-state index contributed by atoms with van der Waals surface area (Å²) in [4.78, 5) is 9.10. The second kappa shape index (κ2) is 11.9. The van der Waals surface area contributed by atoms with Gasteiger partial charge in [-0.25, -0.2) is 0 Å². The number of piperidine rings is 1. The molecule has 15 heteroatoms. The minimum Gasteiger partial charge on any atom is -0.444 e. The number of hydrogen-bond donors (Lipinski definition) is 1. The first-order valence-electron chi connectivity index (χ1n) is 15.7. The number of nitrogens with zero attached hydrogens (tertiary/aromatic N) is 5. The largest absolute Gasteiger partial charge is 0.451 e. The Morgan fingerprint density at radius 2 is 1.78 bits per heavy atom. The molecule has 49 heavy (non-hydrogen) atoms. The van der Waals surface area contributed by atoms with E-state index in [0.29, 0.717) is 43.1 Å². The number of nitrogens with one attached hydrogen (secondary N) is 1. The van der Waals surface area contributed by atoms with Gasteiger partial charge in [-0.15, -0.1) is 10.2 Å². The normalized spacial score (nSPS) is 20.7. The number of pyridine rings is 1. The van der Waals surface area contributed by atoms with Gasteiger partial charge in [-0.1, -0.05) is 23.7 Å². The molecule has 8 nitrogen and oxygen atoms in total. The van der Waals surface area contributed by atoms with Crippen LogP contribution in [-0.2, 0) is 31.1 Å². The highest BCUT2D eigenvalue weighted by Gasteiger charge is 2.45. The summed E-state index contributed by atoms with van der Waals surface area (Å²) < 4.78 is 91.5. The number of alkyl halides is 6. The van der Waals surface area contributed by atoms with E-state index < -0.39 is 34.9 Å². The third-order valence-electron chi connectivity index (χ3n) is 9.51. The van der Waals surface area contributed by atoms with Crippen LogP contribution in [0.3, 0.4) is 0 Å². The first-order valence-corrected chi connectivity index (χ1v) is 16.0. The molecular formula is C34H29ClF6N6O2. The molecule has 0 radical (unpaired) electrons. The molecule has 2 fully saturated rings.